The molecule has 5 atom stereocenters. The van der Waals surface area contributed by atoms with Crippen LogP contribution in [0.2, 0.25) is 5.02 Å². The monoisotopic (exact) mass is 525 g/mol. The Morgan fingerprint density at radius 2 is 2.03 bits per heavy atom. The molecule has 3 amide bonds. The fraction of sp³-hybridized carbons (Fsp3) is 0.640. The minimum Gasteiger partial charge on any atom is -0.495 e. The highest BCUT2D eigenvalue weighted by Crippen LogP contribution is 2.30. The molecule has 0 bridgehead atoms. The quantitative estimate of drug-likeness (QED) is 0.474. The van der Waals surface area contributed by atoms with Gasteiger partial charge in [0.25, 0.3) is 5.91 Å². The molecular weight excluding hydrogens is 490 g/mol. The number of hydrogen-bond donors (Lipinski definition) is 3. The van der Waals surface area contributed by atoms with Crippen molar-refractivity contribution in [2.45, 2.75) is 77.7 Å². The van der Waals surface area contributed by atoms with E-state index in [-0.39, 0.29) is 28.8 Å². The summed E-state index contributed by atoms with van der Waals surface area (Å²) in [4.78, 5) is 41.6. The van der Waals surface area contributed by atoms with Gasteiger partial charge in [0.05, 0.1) is 23.7 Å². The molecule has 11 heteroatoms. The molecule has 0 radical (unpaired) electrons. The lowest BCUT2D eigenvalue weighted by Gasteiger charge is -2.35. The summed E-state index contributed by atoms with van der Waals surface area (Å²) in [5.74, 6) is -0.853. The van der Waals surface area contributed by atoms with E-state index < -0.39 is 42.0 Å². The van der Waals surface area contributed by atoms with Crippen molar-refractivity contribution in [1.82, 2.24) is 15.5 Å². The lowest BCUT2D eigenvalue weighted by Crippen LogP contribution is -2.58. The maximum atomic E-state index is 13.7. The number of aliphatic hydroxyl groups is 1. The third-order valence-electron chi connectivity index (χ3n) is 6.39. The molecule has 36 heavy (non-hydrogen) atoms. The molecule has 10 nitrogen and oxygen atoms in total. The van der Waals surface area contributed by atoms with E-state index in [1.807, 2.05) is 20.8 Å². The molecule has 3 rings (SSSR count). The average Bonchev–Trinajstić information content (AvgIpc) is 3.43. The number of rotatable bonds is 8. The van der Waals surface area contributed by atoms with Crippen molar-refractivity contribution in [2.24, 2.45) is 5.41 Å². The fourth-order valence-electron chi connectivity index (χ4n) is 4.53. The standard InChI is InChI=1S/C25H36ClN3O7/c1-6-35-24-15(13-18(30)36-24)27-22(32)16-10-8-12-29(16)23(33)20(25(2,3)4)28-21(31)14-9-7-11-17(34-5)19(14)26/h7,9,11,15-16,18,20,24,30H,6,8,10,12-13H2,1-5H3,(H,27,32)(H,28,31)/t15-,16-,18?,20+,24+/m0/s1. The Bertz CT molecular complexity index is 967. The fourth-order valence-corrected chi connectivity index (χ4v) is 4.82. The van der Waals surface area contributed by atoms with Crippen LogP contribution in [0.25, 0.3) is 0 Å². The Labute approximate surface area is 216 Å². The van der Waals surface area contributed by atoms with E-state index in [0.717, 1.165) is 0 Å². The first-order valence-corrected chi connectivity index (χ1v) is 12.5. The zero-order chi connectivity index (χ0) is 26.6. The van der Waals surface area contributed by atoms with Crippen molar-refractivity contribution in [3.63, 3.8) is 0 Å². The molecule has 0 spiro atoms. The number of ether oxygens (including phenoxy) is 3. The third-order valence-corrected chi connectivity index (χ3v) is 6.78. The smallest absolute Gasteiger partial charge is 0.253 e. The first kappa shape index (κ1) is 28.2. The SMILES string of the molecule is CCO[C@@H]1OC(O)C[C@@H]1NC(=O)[C@@H]1CCCN1C(=O)[C@@H](NC(=O)c1cccc(OC)c1Cl)C(C)(C)C. The summed E-state index contributed by atoms with van der Waals surface area (Å²) < 4.78 is 16.0. The van der Waals surface area contributed by atoms with E-state index in [4.69, 9.17) is 25.8 Å². The number of carbonyl (C=O) groups excluding carboxylic acids is 3. The van der Waals surface area contributed by atoms with E-state index in [1.165, 1.54) is 12.0 Å². The van der Waals surface area contributed by atoms with Crippen molar-refractivity contribution in [2.75, 3.05) is 20.3 Å². The summed E-state index contributed by atoms with van der Waals surface area (Å²) in [6, 6.07) is 2.70. The summed E-state index contributed by atoms with van der Waals surface area (Å²) in [5, 5.41) is 15.7. The van der Waals surface area contributed by atoms with Crippen molar-refractivity contribution >= 4 is 29.3 Å². The summed E-state index contributed by atoms with van der Waals surface area (Å²) in [5.41, 5.74) is -0.457. The highest BCUT2D eigenvalue weighted by molar-refractivity contribution is 6.35. The number of methoxy groups -OCH3 is 1. The van der Waals surface area contributed by atoms with E-state index in [9.17, 15) is 19.5 Å². The van der Waals surface area contributed by atoms with Crippen LogP contribution in [0.4, 0.5) is 0 Å². The molecule has 2 fully saturated rings. The van der Waals surface area contributed by atoms with Gasteiger partial charge in [-0.05, 0) is 37.3 Å². The van der Waals surface area contributed by atoms with Crippen molar-refractivity contribution in [3.05, 3.63) is 28.8 Å². The van der Waals surface area contributed by atoms with Gasteiger partial charge in [-0.2, -0.15) is 0 Å². The third kappa shape index (κ3) is 6.29. The van der Waals surface area contributed by atoms with Gasteiger partial charge in [-0.25, -0.2) is 0 Å². The zero-order valence-corrected chi connectivity index (χ0v) is 22.1. The van der Waals surface area contributed by atoms with Crippen LogP contribution in [0.5, 0.6) is 5.75 Å². The Morgan fingerprint density at radius 3 is 2.67 bits per heavy atom. The first-order valence-electron chi connectivity index (χ1n) is 12.2. The predicted molar refractivity (Wildman–Crippen MR) is 133 cm³/mol. The summed E-state index contributed by atoms with van der Waals surface area (Å²) in [6.07, 6.45) is -0.459. The Balaban J connectivity index is 1.76. The zero-order valence-electron chi connectivity index (χ0n) is 21.4. The molecule has 200 valence electrons. The lowest BCUT2D eigenvalue weighted by molar-refractivity contribution is -0.188. The number of amides is 3. The highest BCUT2D eigenvalue weighted by atomic mass is 35.5. The second-order valence-electron chi connectivity index (χ2n) is 10.0. The lowest BCUT2D eigenvalue weighted by atomic mass is 9.85. The highest BCUT2D eigenvalue weighted by Gasteiger charge is 2.44. The summed E-state index contributed by atoms with van der Waals surface area (Å²) in [6.45, 7) is 8.08. The Kier molecular flexibility index (Phi) is 9.21. The topological polar surface area (TPSA) is 126 Å². The molecule has 0 aromatic heterocycles. The minimum absolute atomic E-state index is 0.154. The van der Waals surface area contributed by atoms with Crippen LogP contribution in [-0.2, 0) is 19.1 Å². The largest absolute Gasteiger partial charge is 0.495 e. The molecule has 3 N–H and O–H groups in total. The van der Waals surface area contributed by atoms with Crippen LogP contribution in [0.15, 0.2) is 18.2 Å². The number of benzene rings is 1. The van der Waals surface area contributed by atoms with Gasteiger partial charge in [-0.1, -0.05) is 38.4 Å². The number of carbonyl (C=O) groups is 3. The normalized spacial score (nSPS) is 24.9. The molecular formula is C25H36ClN3O7. The van der Waals surface area contributed by atoms with Gasteiger partial charge >= 0.3 is 0 Å². The first-order chi connectivity index (χ1) is 17.0. The van der Waals surface area contributed by atoms with Crippen LogP contribution < -0.4 is 15.4 Å². The number of likely N-dealkylation sites (tertiary alicyclic amines) is 1. The van der Waals surface area contributed by atoms with E-state index in [2.05, 4.69) is 10.6 Å². The van der Waals surface area contributed by atoms with Gasteiger partial charge in [-0.3, -0.25) is 14.4 Å². The second kappa shape index (κ2) is 11.8. The van der Waals surface area contributed by atoms with Gasteiger partial charge in [-0.15, -0.1) is 0 Å². The summed E-state index contributed by atoms with van der Waals surface area (Å²) in [7, 11) is 1.46. The maximum absolute atomic E-state index is 13.7. The summed E-state index contributed by atoms with van der Waals surface area (Å²) >= 11 is 6.33. The number of aliphatic hydroxyl groups excluding tert-OH is 1. The molecule has 1 aromatic rings. The van der Waals surface area contributed by atoms with Crippen LogP contribution in [0, 0.1) is 5.41 Å². The molecule has 2 aliphatic heterocycles. The molecule has 2 aliphatic rings. The molecule has 2 heterocycles. The predicted octanol–water partition coefficient (Wildman–Crippen LogP) is 2.07. The van der Waals surface area contributed by atoms with Crippen molar-refractivity contribution in [1.29, 1.82) is 0 Å². The molecule has 2 saturated heterocycles. The van der Waals surface area contributed by atoms with Crippen molar-refractivity contribution < 1.29 is 33.7 Å². The Morgan fingerprint density at radius 1 is 1.31 bits per heavy atom. The van der Waals surface area contributed by atoms with Gasteiger partial charge in [0.1, 0.15) is 17.8 Å². The van der Waals surface area contributed by atoms with E-state index >= 15 is 0 Å². The van der Waals surface area contributed by atoms with Gasteiger partial charge in [0, 0.05) is 19.6 Å². The second-order valence-corrected chi connectivity index (χ2v) is 10.4. The number of hydrogen-bond acceptors (Lipinski definition) is 7. The van der Waals surface area contributed by atoms with E-state index in [1.54, 1.807) is 25.1 Å². The van der Waals surface area contributed by atoms with Crippen LogP contribution in [-0.4, -0.2) is 78.7 Å². The number of halogens is 1. The average molecular weight is 526 g/mol. The number of nitrogens with one attached hydrogen (secondary N) is 2. The minimum atomic E-state index is -1.03. The van der Waals surface area contributed by atoms with Crippen LogP contribution in [0.1, 0.15) is 57.3 Å². The van der Waals surface area contributed by atoms with Crippen LogP contribution >= 0.6 is 11.6 Å². The molecule has 0 saturated carbocycles. The maximum Gasteiger partial charge on any atom is 0.253 e. The number of nitrogens with zero attached hydrogens (tertiary/aromatic N) is 1. The molecule has 0 aliphatic carbocycles. The molecule has 1 aromatic carbocycles. The van der Waals surface area contributed by atoms with Crippen LogP contribution in [0.3, 0.4) is 0 Å². The molecule has 1 unspecified atom stereocenters. The van der Waals surface area contributed by atoms with Crippen molar-refractivity contribution in [3.8, 4) is 5.75 Å². The van der Waals surface area contributed by atoms with Gasteiger partial charge in [0.15, 0.2) is 12.6 Å². The van der Waals surface area contributed by atoms with Gasteiger partial charge in [0.2, 0.25) is 11.8 Å². The Hall–Kier alpha value is -2.40. The van der Waals surface area contributed by atoms with Gasteiger partial charge < -0.3 is 34.9 Å². The van der Waals surface area contributed by atoms with E-state index in [0.29, 0.717) is 31.7 Å².